The molecule has 1 heterocycles. The molecule has 0 bridgehead atoms. The molecule has 0 saturated carbocycles. The predicted octanol–water partition coefficient (Wildman–Crippen LogP) is 4.97. The molecule has 1 N–H and O–H groups in total. The van der Waals surface area contributed by atoms with Crippen LogP contribution in [0.5, 0.6) is 5.75 Å². The number of carbonyl (C=O) groups excluding carboxylic acids is 2. The number of benzene rings is 1. The number of anilines is 1. The van der Waals surface area contributed by atoms with Crippen molar-refractivity contribution in [3.63, 3.8) is 0 Å². The lowest BCUT2D eigenvalue weighted by Gasteiger charge is -2.08. The third kappa shape index (κ3) is 4.85. The number of unbranched alkanes of at least 4 members (excludes halogenated alkanes) is 2. The van der Waals surface area contributed by atoms with Crippen LogP contribution in [-0.4, -0.2) is 25.6 Å². The van der Waals surface area contributed by atoms with E-state index in [2.05, 4.69) is 12.2 Å². The van der Waals surface area contributed by atoms with Crippen LogP contribution in [0.2, 0.25) is 0 Å². The number of nitrogens with one attached hydrogen (secondary N) is 1. The molecule has 2 aromatic rings. The van der Waals surface area contributed by atoms with Crippen molar-refractivity contribution in [2.75, 3.05) is 19.0 Å². The minimum atomic E-state index is -0.446. The van der Waals surface area contributed by atoms with Crippen molar-refractivity contribution in [2.24, 2.45) is 0 Å². The molecule has 0 fully saturated rings. The molecule has 0 radical (unpaired) electrons. The number of amides is 1. The van der Waals surface area contributed by atoms with Gasteiger partial charge < -0.3 is 14.8 Å². The molecule has 0 aliphatic rings. The van der Waals surface area contributed by atoms with Gasteiger partial charge in [-0.2, -0.15) is 0 Å². The lowest BCUT2D eigenvalue weighted by molar-refractivity contribution is 0.0601. The predicted molar refractivity (Wildman–Crippen MR) is 105 cm³/mol. The molecule has 1 aromatic carbocycles. The second kappa shape index (κ2) is 9.38. The number of thiophene rings is 1. The zero-order valence-electron chi connectivity index (χ0n) is 15.7. The minimum absolute atomic E-state index is 0.270. The van der Waals surface area contributed by atoms with Crippen LogP contribution in [0.25, 0.3) is 0 Å². The Morgan fingerprint density at radius 2 is 1.81 bits per heavy atom. The van der Waals surface area contributed by atoms with E-state index in [4.69, 9.17) is 9.47 Å². The molecule has 0 atom stereocenters. The molecule has 0 aliphatic carbocycles. The average Bonchev–Trinajstić information content (AvgIpc) is 2.92. The summed E-state index contributed by atoms with van der Waals surface area (Å²) >= 11 is 1.37. The number of esters is 1. The van der Waals surface area contributed by atoms with Gasteiger partial charge in [0.2, 0.25) is 0 Å². The van der Waals surface area contributed by atoms with E-state index in [9.17, 15) is 9.59 Å². The van der Waals surface area contributed by atoms with Crippen molar-refractivity contribution >= 4 is 28.2 Å². The van der Waals surface area contributed by atoms with Crippen LogP contribution in [0.3, 0.4) is 0 Å². The van der Waals surface area contributed by atoms with E-state index in [0.717, 1.165) is 35.5 Å². The lowest BCUT2D eigenvalue weighted by atomic mass is 10.1. The second-order valence-corrected chi connectivity index (χ2v) is 7.24. The van der Waals surface area contributed by atoms with Gasteiger partial charge in [0.1, 0.15) is 10.8 Å². The Balaban J connectivity index is 2.06. The summed E-state index contributed by atoms with van der Waals surface area (Å²) in [6, 6.07) is 7.01. The lowest BCUT2D eigenvalue weighted by Crippen LogP contribution is -2.14. The SMILES string of the molecule is CCCCCOc1ccc(C(=O)Nc2sc(C)c(C)c2C(=O)OC)cc1. The Labute approximate surface area is 158 Å². The molecule has 0 unspecified atom stereocenters. The van der Waals surface area contributed by atoms with E-state index in [-0.39, 0.29) is 5.91 Å². The van der Waals surface area contributed by atoms with Gasteiger partial charge in [0.25, 0.3) is 5.91 Å². The van der Waals surface area contributed by atoms with E-state index in [1.165, 1.54) is 18.4 Å². The van der Waals surface area contributed by atoms with E-state index < -0.39 is 5.97 Å². The molecule has 2 rings (SSSR count). The van der Waals surface area contributed by atoms with E-state index in [1.807, 2.05) is 13.8 Å². The zero-order valence-corrected chi connectivity index (χ0v) is 16.5. The number of hydrogen-bond donors (Lipinski definition) is 1. The van der Waals surface area contributed by atoms with E-state index in [0.29, 0.717) is 22.7 Å². The molecule has 1 aromatic heterocycles. The maximum absolute atomic E-state index is 12.5. The van der Waals surface area contributed by atoms with Gasteiger partial charge in [0.15, 0.2) is 0 Å². The highest BCUT2D eigenvalue weighted by molar-refractivity contribution is 7.16. The average molecular weight is 375 g/mol. The van der Waals surface area contributed by atoms with Gasteiger partial charge >= 0.3 is 5.97 Å². The van der Waals surface area contributed by atoms with Crippen LogP contribution in [0.1, 0.15) is 57.3 Å². The first kappa shape index (κ1) is 20.0. The molecule has 0 spiro atoms. The van der Waals surface area contributed by atoms with Crippen LogP contribution >= 0.6 is 11.3 Å². The summed E-state index contributed by atoms with van der Waals surface area (Å²) in [7, 11) is 1.33. The molecular weight excluding hydrogens is 350 g/mol. The maximum Gasteiger partial charge on any atom is 0.341 e. The largest absolute Gasteiger partial charge is 0.494 e. The summed E-state index contributed by atoms with van der Waals surface area (Å²) in [5, 5.41) is 3.33. The maximum atomic E-state index is 12.5. The van der Waals surface area contributed by atoms with Crippen LogP contribution in [0.15, 0.2) is 24.3 Å². The van der Waals surface area contributed by atoms with Gasteiger partial charge in [-0.15, -0.1) is 11.3 Å². The fraction of sp³-hybridized carbons (Fsp3) is 0.400. The van der Waals surface area contributed by atoms with Crippen molar-refractivity contribution in [1.29, 1.82) is 0 Å². The molecule has 0 saturated heterocycles. The number of aryl methyl sites for hydroxylation is 1. The van der Waals surface area contributed by atoms with E-state index >= 15 is 0 Å². The Morgan fingerprint density at radius 1 is 1.12 bits per heavy atom. The third-order valence-electron chi connectivity index (χ3n) is 4.14. The van der Waals surface area contributed by atoms with Gasteiger partial charge in [0, 0.05) is 10.4 Å². The topological polar surface area (TPSA) is 64.6 Å². The number of methoxy groups -OCH3 is 1. The summed E-state index contributed by atoms with van der Waals surface area (Å²) in [6.07, 6.45) is 3.31. The molecule has 0 aliphatic heterocycles. The van der Waals surface area contributed by atoms with Crippen molar-refractivity contribution in [3.8, 4) is 5.75 Å². The number of hydrogen-bond acceptors (Lipinski definition) is 5. The number of rotatable bonds is 8. The Hall–Kier alpha value is -2.34. The van der Waals surface area contributed by atoms with Gasteiger partial charge in [-0.05, 0) is 50.1 Å². The van der Waals surface area contributed by atoms with Gasteiger partial charge in [-0.3, -0.25) is 4.79 Å². The Bertz CT molecular complexity index is 765. The summed E-state index contributed by atoms with van der Waals surface area (Å²) in [6.45, 7) is 6.58. The molecule has 5 nitrogen and oxygen atoms in total. The standard InChI is InChI=1S/C20H25NO4S/c1-5-6-7-12-25-16-10-8-15(9-11-16)18(22)21-19-17(20(23)24-4)13(2)14(3)26-19/h8-11H,5-7,12H2,1-4H3,(H,21,22). The first-order chi connectivity index (χ1) is 12.5. The monoisotopic (exact) mass is 375 g/mol. The van der Waals surface area contributed by atoms with Gasteiger partial charge in [-0.25, -0.2) is 4.79 Å². The zero-order chi connectivity index (χ0) is 19.1. The summed E-state index contributed by atoms with van der Waals surface area (Å²) in [5.41, 5.74) is 1.75. The molecule has 1 amide bonds. The first-order valence-corrected chi connectivity index (χ1v) is 9.52. The van der Waals surface area contributed by atoms with Crippen LogP contribution in [0, 0.1) is 13.8 Å². The van der Waals surface area contributed by atoms with Crippen LogP contribution in [-0.2, 0) is 4.74 Å². The van der Waals surface area contributed by atoms with Gasteiger partial charge in [0.05, 0.1) is 19.3 Å². The summed E-state index contributed by atoms with van der Waals surface area (Å²) in [4.78, 5) is 25.5. The molecule has 26 heavy (non-hydrogen) atoms. The fourth-order valence-corrected chi connectivity index (χ4v) is 3.53. The van der Waals surface area contributed by atoms with Crippen LogP contribution in [0.4, 0.5) is 5.00 Å². The Morgan fingerprint density at radius 3 is 2.42 bits per heavy atom. The van der Waals surface area contributed by atoms with Crippen LogP contribution < -0.4 is 10.1 Å². The second-order valence-electron chi connectivity index (χ2n) is 6.01. The molecule has 6 heteroatoms. The molecule has 140 valence electrons. The smallest absolute Gasteiger partial charge is 0.341 e. The number of ether oxygens (including phenoxy) is 2. The Kier molecular flexibility index (Phi) is 7.21. The quantitative estimate of drug-likeness (QED) is 0.522. The van der Waals surface area contributed by atoms with Crippen molar-refractivity contribution in [1.82, 2.24) is 0 Å². The van der Waals surface area contributed by atoms with Crippen molar-refractivity contribution < 1.29 is 19.1 Å². The fourth-order valence-electron chi connectivity index (χ4n) is 2.48. The highest BCUT2D eigenvalue weighted by Crippen LogP contribution is 2.33. The molecular formula is C20H25NO4S. The van der Waals surface area contributed by atoms with Crippen molar-refractivity contribution in [3.05, 3.63) is 45.8 Å². The van der Waals surface area contributed by atoms with Gasteiger partial charge in [-0.1, -0.05) is 19.8 Å². The van der Waals surface area contributed by atoms with E-state index in [1.54, 1.807) is 24.3 Å². The highest BCUT2D eigenvalue weighted by atomic mass is 32.1. The highest BCUT2D eigenvalue weighted by Gasteiger charge is 2.21. The normalized spacial score (nSPS) is 10.5. The first-order valence-electron chi connectivity index (χ1n) is 8.70. The minimum Gasteiger partial charge on any atom is -0.494 e. The summed E-state index contributed by atoms with van der Waals surface area (Å²) in [5.74, 6) is 0.0302. The van der Waals surface area contributed by atoms with Crippen molar-refractivity contribution in [2.45, 2.75) is 40.0 Å². The third-order valence-corrected chi connectivity index (χ3v) is 5.26. The number of carbonyl (C=O) groups is 2. The summed E-state index contributed by atoms with van der Waals surface area (Å²) < 4.78 is 10.5.